The van der Waals surface area contributed by atoms with Gasteiger partial charge in [0.1, 0.15) is 0 Å². The summed E-state index contributed by atoms with van der Waals surface area (Å²) in [5.74, 6) is 1.17. The van der Waals surface area contributed by atoms with Crippen LogP contribution in [0.3, 0.4) is 0 Å². The topological polar surface area (TPSA) is 12.4 Å². The summed E-state index contributed by atoms with van der Waals surface area (Å²) in [6.07, 6.45) is 3.20. The van der Waals surface area contributed by atoms with Crippen molar-refractivity contribution in [1.29, 1.82) is 0 Å². The number of thiocarbonyl (C=S) groups is 1. The monoisotopic (exact) mass is 147 g/mol. The zero-order valence-corrected chi connectivity index (χ0v) is 6.52. The molecule has 0 radical (unpaired) electrons. The molecule has 0 N–H and O–H groups in total. The zero-order valence-electron chi connectivity index (χ0n) is 4.89. The molecule has 0 saturated heterocycles. The quantitative estimate of drug-likeness (QED) is 0.342. The molecular formula is C5H9NS2. The lowest BCUT2D eigenvalue weighted by Gasteiger charge is -1.87. The van der Waals surface area contributed by atoms with E-state index >= 15 is 0 Å². The molecule has 8 heavy (non-hydrogen) atoms. The molecule has 0 rings (SSSR count). The Morgan fingerprint density at radius 2 is 2.50 bits per heavy atom. The highest BCUT2D eigenvalue weighted by molar-refractivity contribution is 7.98. The van der Waals surface area contributed by atoms with Crippen molar-refractivity contribution in [3.8, 4) is 0 Å². The maximum absolute atomic E-state index is 4.38. The molecule has 0 aromatic rings. The molecule has 0 fully saturated rings. The van der Waals surface area contributed by atoms with Crippen LogP contribution in [0.4, 0.5) is 0 Å². The van der Waals surface area contributed by atoms with Gasteiger partial charge in [-0.1, -0.05) is 0 Å². The van der Waals surface area contributed by atoms with Crippen molar-refractivity contribution in [2.24, 2.45) is 4.99 Å². The summed E-state index contributed by atoms with van der Waals surface area (Å²) in [5.41, 5.74) is 0. The Morgan fingerprint density at radius 1 is 1.75 bits per heavy atom. The fourth-order valence-electron chi connectivity index (χ4n) is 0.334. The Balaban J connectivity index is 2.82. The van der Waals surface area contributed by atoms with Crippen LogP contribution in [-0.4, -0.2) is 23.7 Å². The molecule has 3 heteroatoms. The number of isothiocyanates is 1. The van der Waals surface area contributed by atoms with Crippen LogP contribution < -0.4 is 0 Å². The van der Waals surface area contributed by atoms with Crippen molar-refractivity contribution >= 4 is 29.1 Å². The smallest absolute Gasteiger partial charge is 0.0584 e. The fourth-order valence-corrected chi connectivity index (χ4v) is 0.843. The molecule has 0 spiro atoms. The lowest BCUT2D eigenvalue weighted by Crippen LogP contribution is -1.81. The fraction of sp³-hybridized carbons (Fsp3) is 0.800. The Bertz CT molecular complexity index is 86.4. The van der Waals surface area contributed by atoms with Crippen molar-refractivity contribution in [1.82, 2.24) is 0 Å². The number of rotatable bonds is 4. The Kier molecular flexibility index (Phi) is 7.28. The van der Waals surface area contributed by atoms with E-state index in [1.165, 1.54) is 5.75 Å². The number of thioether (sulfide) groups is 1. The first-order chi connectivity index (χ1) is 3.91. The average molecular weight is 147 g/mol. The number of nitrogens with zero attached hydrogens (tertiary/aromatic N) is 1. The van der Waals surface area contributed by atoms with Crippen LogP contribution in [-0.2, 0) is 0 Å². The first-order valence-electron chi connectivity index (χ1n) is 2.44. The standard InChI is InChI=1S/C5H9NS2/c1-8-4-2-3-6-5-7/h2-4H2,1H3. The third kappa shape index (κ3) is 6.15. The lowest BCUT2D eigenvalue weighted by atomic mass is 10.5. The van der Waals surface area contributed by atoms with Crippen molar-refractivity contribution in [2.45, 2.75) is 6.42 Å². The molecule has 0 saturated carbocycles. The van der Waals surface area contributed by atoms with Gasteiger partial charge in [0.15, 0.2) is 0 Å². The summed E-state index contributed by atoms with van der Waals surface area (Å²) in [6.45, 7) is 0.838. The highest BCUT2D eigenvalue weighted by atomic mass is 32.2. The van der Waals surface area contributed by atoms with Crippen LogP contribution >= 0.6 is 24.0 Å². The molecule has 0 aliphatic carbocycles. The Labute approximate surface area is 59.6 Å². The van der Waals surface area contributed by atoms with Crippen molar-refractivity contribution < 1.29 is 0 Å². The van der Waals surface area contributed by atoms with Gasteiger partial charge < -0.3 is 0 Å². The van der Waals surface area contributed by atoms with E-state index in [-0.39, 0.29) is 0 Å². The van der Waals surface area contributed by atoms with Crippen LogP contribution in [0.1, 0.15) is 6.42 Å². The lowest BCUT2D eigenvalue weighted by molar-refractivity contribution is 0.952. The highest BCUT2D eigenvalue weighted by Gasteiger charge is 1.79. The maximum atomic E-state index is 4.38. The van der Waals surface area contributed by atoms with E-state index in [1.807, 2.05) is 11.8 Å². The molecule has 0 atom stereocenters. The average Bonchev–Trinajstić information content (AvgIpc) is 1.81. The van der Waals surface area contributed by atoms with Crippen LogP contribution in [0.2, 0.25) is 0 Å². The van der Waals surface area contributed by atoms with Crippen molar-refractivity contribution in [2.75, 3.05) is 18.6 Å². The molecule has 0 aliphatic rings. The molecule has 0 aromatic carbocycles. The van der Waals surface area contributed by atoms with E-state index in [2.05, 4.69) is 28.6 Å². The first kappa shape index (κ1) is 8.15. The number of hydrogen-bond donors (Lipinski definition) is 0. The molecule has 0 bridgehead atoms. The van der Waals surface area contributed by atoms with Crippen LogP contribution in [0.25, 0.3) is 0 Å². The molecule has 0 unspecified atom stereocenters. The Morgan fingerprint density at radius 3 is 3.00 bits per heavy atom. The van der Waals surface area contributed by atoms with Gasteiger partial charge in [0.05, 0.1) is 11.7 Å². The molecular weight excluding hydrogens is 138 g/mol. The summed E-state index contributed by atoms with van der Waals surface area (Å²) in [7, 11) is 0. The summed E-state index contributed by atoms with van der Waals surface area (Å²) in [4.78, 5) is 3.76. The van der Waals surface area contributed by atoms with Gasteiger partial charge in [-0.3, -0.25) is 0 Å². The van der Waals surface area contributed by atoms with E-state index in [0.29, 0.717) is 0 Å². The van der Waals surface area contributed by atoms with E-state index in [1.54, 1.807) is 0 Å². The normalized spacial score (nSPS) is 8.12. The van der Waals surface area contributed by atoms with Crippen LogP contribution in [0, 0.1) is 0 Å². The SMILES string of the molecule is CSCCCN=C=S. The zero-order chi connectivity index (χ0) is 6.24. The van der Waals surface area contributed by atoms with Crippen LogP contribution in [0.5, 0.6) is 0 Å². The van der Waals surface area contributed by atoms with Gasteiger partial charge in [-0.25, -0.2) is 4.99 Å². The van der Waals surface area contributed by atoms with Gasteiger partial charge >= 0.3 is 0 Å². The van der Waals surface area contributed by atoms with Gasteiger partial charge in [0, 0.05) is 0 Å². The highest BCUT2D eigenvalue weighted by Crippen LogP contribution is 1.93. The maximum Gasteiger partial charge on any atom is 0.0584 e. The van der Waals surface area contributed by atoms with E-state index in [0.717, 1.165) is 13.0 Å². The van der Waals surface area contributed by atoms with Crippen molar-refractivity contribution in [3.05, 3.63) is 0 Å². The van der Waals surface area contributed by atoms with Gasteiger partial charge in [0.2, 0.25) is 0 Å². The summed E-state index contributed by atoms with van der Waals surface area (Å²) < 4.78 is 0. The first-order valence-corrected chi connectivity index (χ1v) is 4.24. The predicted molar refractivity (Wildman–Crippen MR) is 42.9 cm³/mol. The second-order valence-corrected chi connectivity index (χ2v) is 2.49. The van der Waals surface area contributed by atoms with E-state index < -0.39 is 0 Å². The molecule has 46 valence electrons. The van der Waals surface area contributed by atoms with Gasteiger partial charge in [-0.15, -0.1) is 0 Å². The minimum absolute atomic E-state index is 0.838. The van der Waals surface area contributed by atoms with Crippen LogP contribution in [0.15, 0.2) is 4.99 Å². The largest absolute Gasteiger partial charge is 0.233 e. The number of hydrogen-bond acceptors (Lipinski definition) is 3. The minimum atomic E-state index is 0.838. The number of aliphatic imine (C=N–C) groups is 1. The predicted octanol–water partition coefficient (Wildman–Crippen LogP) is 1.84. The van der Waals surface area contributed by atoms with Crippen molar-refractivity contribution in [3.63, 3.8) is 0 Å². The van der Waals surface area contributed by atoms with E-state index in [4.69, 9.17) is 0 Å². The summed E-state index contributed by atoms with van der Waals surface area (Å²) >= 11 is 6.21. The molecule has 1 nitrogen and oxygen atoms in total. The summed E-state index contributed by atoms with van der Waals surface area (Å²) in [6, 6.07) is 0. The van der Waals surface area contributed by atoms with E-state index in [9.17, 15) is 0 Å². The van der Waals surface area contributed by atoms with Gasteiger partial charge in [-0.05, 0) is 30.6 Å². The molecule has 0 aromatic heterocycles. The molecule has 0 amide bonds. The third-order valence-corrected chi connectivity index (χ3v) is 1.51. The molecule has 0 aliphatic heterocycles. The summed E-state index contributed by atoms with van der Waals surface area (Å²) in [5, 5.41) is 2.33. The minimum Gasteiger partial charge on any atom is -0.233 e. The van der Waals surface area contributed by atoms with Gasteiger partial charge in [0.25, 0.3) is 0 Å². The Hall–Kier alpha value is 0.150. The second kappa shape index (κ2) is 7.15. The molecule has 0 heterocycles. The third-order valence-electron chi connectivity index (χ3n) is 0.683. The van der Waals surface area contributed by atoms with Gasteiger partial charge in [-0.2, -0.15) is 11.8 Å². The second-order valence-electron chi connectivity index (χ2n) is 1.32.